The van der Waals surface area contributed by atoms with Gasteiger partial charge in [0, 0.05) is 33.0 Å². The van der Waals surface area contributed by atoms with Crippen molar-refractivity contribution in [3.05, 3.63) is 41.0 Å². The van der Waals surface area contributed by atoms with Gasteiger partial charge in [0.1, 0.15) is 12.1 Å². The van der Waals surface area contributed by atoms with E-state index in [2.05, 4.69) is 10.3 Å². The lowest BCUT2D eigenvalue weighted by molar-refractivity contribution is -0.149. The van der Waals surface area contributed by atoms with Gasteiger partial charge in [-0.15, -0.1) is 11.3 Å². The number of amides is 3. The Morgan fingerprint density at radius 3 is 2.58 bits per heavy atom. The first-order chi connectivity index (χ1) is 15.8. The zero-order chi connectivity index (χ0) is 23.5. The number of benzene rings is 1. The van der Waals surface area contributed by atoms with Crippen LogP contribution in [0.4, 0.5) is 0 Å². The Labute approximate surface area is 197 Å². The number of hydrogen-bond acceptors (Lipinski definition) is 6. The summed E-state index contributed by atoms with van der Waals surface area (Å²) in [5.41, 5.74) is 4.85. The number of piperidine rings is 1. The van der Waals surface area contributed by atoms with Crippen LogP contribution in [0.25, 0.3) is 10.4 Å². The Hall–Kier alpha value is -2.78. The SMILES string of the molecule is CC(=O)N1CCCCC1C(=O)N1C[C@H](O)C[C@H]1C(=O)NCc1ccc(-c2scnc2C)cc1. The van der Waals surface area contributed by atoms with E-state index in [4.69, 9.17) is 0 Å². The Balaban J connectivity index is 1.40. The number of rotatable bonds is 5. The van der Waals surface area contributed by atoms with Crippen molar-refractivity contribution in [1.82, 2.24) is 20.1 Å². The summed E-state index contributed by atoms with van der Waals surface area (Å²) in [5, 5.41) is 13.1. The number of nitrogens with zero attached hydrogens (tertiary/aromatic N) is 3. The second-order valence-electron chi connectivity index (χ2n) is 8.80. The Kier molecular flexibility index (Phi) is 7.09. The molecule has 0 aliphatic carbocycles. The molecule has 0 spiro atoms. The van der Waals surface area contributed by atoms with Crippen molar-refractivity contribution in [3.8, 4) is 10.4 Å². The fourth-order valence-corrected chi connectivity index (χ4v) is 5.53. The van der Waals surface area contributed by atoms with Gasteiger partial charge < -0.3 is 20.2 Å². The average Bonchev–Trinajstić information content (AvgIpc) is 3.42. The highest BCUT2D eigenvalue weighted by Crippen LogP contribution is 2.28. The van der Waals surface area contributed by atoms with Crippen LogP contribution in [0.1, 0.15) is 43.9 Å². The second-order valence-corrected chi connectivity index (χ2v) is 9.66. The van der Waals surface area contributed by atoms with Crippen molar-refractivity contribution in [2.24, 2.45) is 0 Å². The lowest BCUT2D eigenvalue weighted by atomic mass is 10.0. The van der Waals surface area contributed by atoms with E-state index in [-0.39, 0.29) is 30.7 Å². The molecule has 2 aliphatic rings. The number of hydrogen-bond donors (Lipinski definition) is 2. The van der Waals surface area contributed by atoms with E-state index >= 15 is 0 Å². The molecule has 0 radical (unpaired) electrons. The van der Waals surface area contributed by atoms with Gasteiger partial charge in [-0.1, -0.05) is 24.3 Å². The van der Waals surface area contributed by atoms with Crippen LogP contribution in [0.5, 0.6) is 0 Å². The standard InChI is InChI=1S/C24H30N4O4S/c1-15-22(33-14-26-15)18-8-6-17(7-9-18)12-25-23(31)21-11-19(30)13-28(21)24(32)20-5-3-4-10-27(20)16(2)29/h6-9,14,19-21,30H,3-5,10-13H2,1-2H3,(H,25,31)/t19-,20?,21+/m1/s1. The largest absolute Gasteiger partial charge is 0.391 e. The number of aliphatic hydroxyl groups excluding tert-OH is 1. The highest BCUT2D eigenvalue weighted by molar-refractivity contribution is 7.13. The van der Waals surface area contributed by atoms with Gasteiger partial charge in [-0.05, 0) is 37.3 Å². The fourth-order valence-electron chi connectivity index (χ4n) is 4.72. The molecule has 9 heteroatoms. The lowest BCUT2D eigenvalue weighted by Crippen LogP contribution is -2.55. The van der Waals surface area contributed by atoms with Gasteiger partial charge >= 0.3 is 0 Å². The topological polar surface area (TPSA) is 103 Å². The third-order valence-electron chi connectivity index (χ3n) is 6.49. The van der Waals surface area contributed by atoms with Gasteiger partial charge in [0.2, 0.25) is 17.7 Å². The maximum Gasteiger partial charge on any atom is 0.246 e. The zero-order valence-corrected chi connectivity index (χ0v) is 19.8. The number of aromatic nitrogens is 1. The van der Waals surface area contributed by atoms with Crippen LogP contribution in [-0.2, 0) is 20.9 Å². The Morgan fingerprint density at radius 2 is 1.91 bits per heavy atom. The van der Waals surface area contributed by atoms with Crippen LogP contribution >= 0.6 is 11.3 Å². The van der Waals surface area contributed by atoms with Crippen LogP contribution < -0.4 is 5.32 Å². The molecule has 2 aromatic rings. The molecule has 2 fully saturated rings. The normalized spacial score (nSPS) is 22.9. The minimum Gasteiger partial charge on any atom is -0.391 e. The summed E-state index contributed by atoms with van der Waals surface area (Å²) in [6.07, 6.45) is 1.78. The van der Waals surface area contributed by atoms with E-state index in [1.54, 1.807) is 16.2 Å². The molecule has 176 valence electrons. The van der Waals surface area contributed by atoms with Crippen molar-refractivity contribution in [2.45, 2.75) is 64.3 Å². The van der Waals surface area contributed by atoms with Crippen molar-refractivity contribution < 1.29 is 19.5 Å². The van der Waals surface area contributed by atoms with E-state index in [1.165, 1.54) is 11.8 Å². The molecule has 0 bridgehead atoms. The van der Waals surface area contributed by atoms with Crippen molar-refractivity contribution in [2.75, 3.05) is 13.1 Å². The molecule has 0 saturated carbocycles. The summed E-state index contributed by atoms with van der Waals surface area (Å²) >= 11 is 1.59. The van der Waals surface area contributed by atoms with Gasteiger partial charge in [-0.3, -0.25) is 14.4 Å². The van der Waals surface area contributed by atoms with E-state index in [0.29, 0.717) is 19.5 Å². The Bertz CT molecular complexity index is 1020. The molecule has 1 unspecified atom stereocenters. The van der Waals surface area contributed by atoms with Crippen LogP contribution in [0.3, 0.4) is 0 Å². The Morgan fingerprint density at radius 1 is 1.15 bits per heavy atom. The van der Waals surface area contributed by atoms with Crippen molar-refractivity contribution in [1.29, 1.82) is 0 Å². The highest BCUT2D eigenvalue weighted by Gasteiger charge is 2.43. The first kappa shape index (κ1) is 23.4. The van der Waals surface area contributed by atoms with E-state index in [9.17, 15) is 19.5 Å². The van der Waals surface area contributed by atoms with E-state index < -0.39 is 18.2 Å². The molecule has 3 amide bonds. The summed E-state index contributed by atoms with van der Waals surface area (Å²) in [6.45, 7) is 4.44. The number of β-amino-alcohol motifs (C(OH)–C–C–N with tert-alkyl or cyclic N) is 1. The van der Waals surface area contributed by atoms with Crippen molar-refractivity contribution in [3.63, 3.8) is 0 Å². The third kappa shape index (κ3) is 5.09. The van der Waals surface area contributed by atoms with Gasteiger partial charge in [0.25, 0.3) is 0 Å². The van der Waals surface area contributed by atoms with Gasteiger partial charge in [0.05, 0.1) is 22.2 Å². The van der Waals surface area contributed by atoms with Gasteiger partial charge in [-0.2, -0.15) is 0 Å². The minimum atomic E-state index is -0.749. The molecule has 1 aromatic carbocycles. The number of thiazole rings is 1. The smallest absolute Gasteiger partial charge is 0.246 e. The molecule has 2 aliphatic heterocycles. The number of nitrogens with one attached hydrogen (secondary N) is 1. The summed E-state index contributed by atoms with van der Waals surface area (Å²) in [6, 6.07) is 6.66. The number of carbonyl (C=O) groups is 3. The highest BCUT2D eigenvalue weighted by atomic mass is 32.1. The van der Waals surface area contributed by atoms with E-state index in [0.717, 1.165) is 34.5 Å². The molecule has 33 heavy (non-hydrogen) atoms. The monoisotopic (exact) mass is 470 g/mol. The molecule has 1 aromatic heterocycles. The van der Waals surface area contributed by atoms with Crippen LogP contribution in [0.15, 0.2) is 29.8 Å². The molecule has 4 rings (SSSR count). The maximum atomic E-state index is 13.3. The van der Waals surface area contributed by atoms with Gasteiger partial charge in [-0.25, -0.2) is 4.98 Å². The molecule has 3 heterocycles. The molecule has 3 atom stereocenters. The van der Waals surface area contributed by atoms with Crippen LogP contribution in [-0.4, -0.2) is 68.9 Å². The molecule has 2 N–H and O–H groups in total. The number of likely N-dealkylation sites (tertiary alicyclic amines) is 2. The van der Waals surface area contributed by atoms with Crippen LogP contribution in [0, 0.1) is 6.92 Å². The summed E-state index contributed by atoms with van der Waals surface area (Å²) in [5.74, 6) is -0.663. The number of carbonyl (C=O) groups excluding carboxylic acids is 3. The zero-order valence-electron chi connectivity index (χ0n) is 19.0. The van der Waals surface area contributed by atoms with Crippen molar-refractivity contribution >= 4 is 29.1 Å². The predicted molar refractivity (Wildman–Crippen MR) is 125 cm³/mol. The summed E-state index contributed by atoms with van der Waals surface area (Å²) in [4.78, 5) is 46.7. The molecular weight excluding hydrogens is 440 g/mol. The summed E-state index contributed by atoms with van der Waals surface area (Å²) < 4.78 is 0. The third-order valence-corrected chi connectivity index (χ3v) is 7.46. The number of aryl methyl sites for hydroxylation is 1. The summed E-state index contributed by atoms with van der Waals surface area (Å²) in [7, 11) is 0. The first-order valence-corrected chi connectivity index (χ1v) is 12.3. The second kappa shape index (κ2) is 10.0. The molecule has 8 nitrogen and oxygen atoms in total. The lowest BCUT2D eigenvalue weighted by Gasteiger charge is -2.37. The molecule has 2 saturated heterocycles. The first-order valence-electron chi connectivity index (χ1n) is 11.4. The average molecular weight is 471 g/mol. The fraction of sp³-hybridized carbons (Fsp3) is 0.500. The van der Waals surface area contributed by atoms with Crippen LogP contribution in [0.2, 0.25) is 0 Å². The quantitative estimate of drug-likeness (QED) is 0.697. The maximum absolute atomic E-state index is 13.3. The number of aliphatic hydroxyl groups is 1. The minimum absolute atomic E-state index is 0.113. The molecular formula is C24H30N4O4S. The predicted octanol–water partition coefficient (Wildman–Crippen LogP) is 2.10. The van der Waals surface area contributed by atoms with E-state index in [1.807, 2.05) is 36.7 Å². The van der Waals surface area contributed by atoms with Gasteiger partial charge in [0.15, 0.2) is 0 Å².